The molecule has 0 N–H and O–H groups in total. The first kappa shape index (κ1) is 18.6. The molecule has 138 valence electrons. The Morgan fingerprint density at radius 1 is 1.20 bits per heavy atom. The molecular formula is C21H31ClN2O. The van der Waals surface area contributed by atoms with Crippen LogP contribution in [-0.2, 0) is 4.79 Å². The van der Waals surface area contributed by atoms with Gasteiger partial charge in [0.25, 0.3) is 0 Å². The van der Waals surface area contributed by atoms with Crippen LogP contribution in [0.1, 0.15) is 56.9 Å². The van der Waals surface area contributed by atoms with Gasteiger partial charge in [-0.3, -0.25) is 4.79 Å². The topological polar surface area (TPSA) is 23.6 Å². The van der Waals surface area contributed by atoms with Gasteiger partial charge in [-0.1, -0.05) is 36.9 Å². The monoisotopic (exact) mass is 362 g/mol. The van der Waals surface area contributed by atoms with Crippen molar-refractivity contribution in [1.29, 1.82) is 0 Å². The maximum Gasteiger partial charge on any atom is 0.209 e. The fraction of sp³-hybridized carbons (Fsp3) is 0.667. The van der Waals surface area contributed by atoms with Crippen LogP contribution in [0.4, 0.5) is 5.69 Å². The van der Waals surface area contributed by atoms with Gasteiger partial charge in [-0.05, 0) is 62.6 Å². The van der Waals surface area contributed by atoms with Crippen molar-refractivity contribution in [3.63, 3.8) is 0 Å². The smallest absolute Gasteiger partial charge is 0.209 e. The fourth-order valence-corrected chi connectivity index (χ4v) is 4.81. The molecule has 1 unspecified atom stereocenters. The lowest BCUT2D eigenvalue weighted by Gasteiger charge is -2.37. The number of amides is 1. The molecule has 2 fully saturated rings. The maximum absolute atomic E-state index is 11.5. The molecule has 1 aliphatic heterocycles. The lowest BCUT2D eigenvalue weighted by atomic mass is 9.92. The summed E-state index contributed by atoms with van der Waals surface area (Å²) in [5, 5.41) is 0.859. The van der Waals surface area contributed by atoms with Gasteiger partial charge in [0.05, 0.1) is 10.7 Å². The number of aryl methyl sites for hydroxylation is 1. The molecule has 2 aliphatic rings. The number of rotatable bonds is 6. The van der Waals surface area contributed by atoms with Crippen LogP contribution in [0.5, 0.6) is 0 Å². The number of halogens is 1. The standard InChI is InChI=1S/C21H31ClN2O/c1-17-9-10-21(20(22)14-17)23-12-5-6-18(15-23)11-13-24(16-25)19-7-3-2-4-8-19/h9-10,14,16,18-19H,2-8,11-13,15H2,1H3. The highest BCUT2D eigenvalue weighted by Gasteiger charge is 2.24. The molecule has 1 saturated carbocycles. The Hall–Kier alpha value is -1.22. The van der Waals surface area contributed by atoms with Crippen LogP contribution in [0.3, 0.4) is 0 Å². The van der Waals surface area contributed by atoms with Gasteiger partial charge in [-0.15, -0.1) is 0 Å². The van der Waals surface area contributed by atoms with Crippen molar-refractivity contribution in [2.24, 2.45) is 5.92 Å². The van der Waals surface area contributed by atoms with E-state index >= 15 is 0 Å². The lowest BCUT2D eigenvalue weighted by molar-refractivity contribution is -0.121. The number of anilines is 1. The van der Waals surface area contributed by atoms with E-state index in [1.807, 2.05) is 0 Å². The molecule has 3 rings (SSSR count). The van der Waals surface area contributed by atoms with Gasteiger partial charge in [-0.2, -0.15) is 0 Å². The molecule has 0 bridgehead atoms. The summed E-state index contributed by atoms with van der Waals surface area (Å²) in [6, 6.07) is 6.83. The summed E-state index contributed by atoms with van der Waals surface area (Å²) in [5.74, 6) is 0.650. The molecule has 0 aromatic heterocycles. The maximum atomic E-state index is 11.5. The average molecular weight is 363 g/mol. The summed E-state index contributed by atoms with van der Waals surface area (Å²) < 4.78 is 0. The predicted molar refractivity (Wildman–Crippen MR) is 105 cm³/mol. The molecule has 1 atom stereocenters. The average Bonchev–Trinajstić information content (AvgIpc) is 2.63. The number of carbonyl (C=O) groups excluding carboxylic acids is 1. The Balaban J connectivity index is 1.55. The molecule has 0 spiro atoms. The molecule has 0 radical (unpaired) electrons. The largest absolute Gasteiger partial charge is 0.370 e. The molecule has 1 aromatic carbocycles. The van der Waals surface area contributed by atoms with E-state index in [9.17, 15) is 4.79 Å². The Kier molecular flexibility index (Phi) is 6.63. The van der Waals surface area contributed by atoms with Gasteiger partial charge < -0.3 is 9.80 Å². The summed E-state index contributed by atoms with van der Waals surface area (Å²) in [5.41, 5.74) is 2.37. The van der Waals surface area contributed by atoms with E-state index in [1.54, 1.807) is 0 Å². The van der Waals surface area contributed by atoms with E-state index in [4.69, 9.17) is 11.6 Å². The van der Waals surface area contributed by atoms with Gasteiger partial charge in [0, 0.05) is 25.7 Å². The van der Waals surface area contributed by atoms with Crippen molar-refractivity contribution in [3.8, 4) is 0 Å². The summed E-state index contributed by atoms with van der Waals surface area (Å²) in [4.78, 5) is 16.1. The van der Waals surface area contributed by atoms with Gasteiger partial charge in [-0.25, -0.2) is 0 Å². The lowest BCUT2D eigenvalue weighted by Crippen LogP contribution is -2.40. The molecule has 1 aliphatic carbocycles. The quantitative estimate of drug-likeness (QED) is 0.661. The normalized spacial score (nSPS) is 22.0. The first-order valence-corrected chi connectivity index (χ1v) is 10.3. The van der Waals surface area contributed by atoms with Gasteiger partial charge in [0.2, 0.25) is 6.41 Å². The Labute approximate surface area is 157 Å². The first-order valence-electron chi connectivity index (χ1n) is 9.89. The number of hydrogen-bond acceptors (Lipinski definition) is 2. The number of carbonyl (C=O) groups is 1. The van der Waals surface area contributed by atoms with Crippen molar-refractivity contribution in [2.75, 3.05) is 24.5 Å². The van der Waals surface area contributed by atoms with E-state index in [-0.39, 0.29) is 0 Å². The minimum absolute atomic E-state index is 0.484. The zero-order valence-corrected chi connectivity index (χ0v) is 16.2. The van der Waals surface area contributed by atoms with Gasteiger partial charge >= 0.3 is 0 Å². The zero-order valence-electron chi connectivity index (χ0n) is 15.4. The summed E-state index contributed by atoms with van der Waals surface area (Å²) >= 11 is 6.47. The third kappa shape index (κ3) is 4.91. The summed E-state index contributed by atoms with van der Waals surface area (Å²) in [6.07, 6.45) is 10.9. The minimum Gasteiger partial charge on any atom is -0.370 e. The van der Waals surface area contributed by atoms with Crippen molar-refractivity contribution >= 4 is 23.7 Å². The van der Waals surface area contributed by atoms with E-state index in [1.165, 1.54) is 50.5 Å². The number of hydrogen-bond donors (Lipinski definition) is 0. The van der Waals surface area contributed by atoms with Crippen LogP contribution >= 0.6 is 11.6 Å². The van der Waals surface area contributed by atoms with Crippen LogP contribution in [0.15, 0.2) is 18.2 Å². The van der Waals surface area contributed by atoms with Crippen molar-refractivity contribution < 1.29 is 4.79 Å². The van der Waals surface area contributed by atoms with Crippen molar-refractivity contribution in [1.82, 2.24) is 4.90 Å². The first-order chi connectivity index (χ1) is 12.2. The van der Waals surface area contributed by atoms with Crippen LogP contribution in [-0.4, -0.2) is 37.0 Å². The zero-order chi connectivity index (χ0) is 17.6. The SMILES string of the molecule is Cc1ccc(N2CCCC(CCN(C=O)C3CCCCC3)C2)c(Cl)c1. The Bertz CT molecular complexity index is 571. The Morgan fingerprint density at radius 2 is 2.00 bits per heavy atom. The van der Waals surface area contributed by atoms with E-state index in [2.05, 4.69) is 34.9 Å². The number of piperidine rings is 1. The van der Waals surface area contributed by atoms with E-state index < -0.39 is 0 Å². The number of nitrogens with zero attached hydrogens (tertiary/aromatic N) is 2. The molecule has 1 heterocycles. The Morgan fingerprint density at radius 3 is 2.72 bits per heavy atom. The van der Waals surface area contributed by atoms with E-state index in [0.717, 1.165) is 43.2 Å². The molecule has 25 heavy (non-hydrogen) atoms. The molecule has 1 saturated heterocycles. The molecule has 3 nitrogen and oxygen atoms in total. The third-order valence-corrected chi connectivity index (χ3v) is 6.24. The highest BCUT2D eigenvalue weighted by Crippen LogP contribution is 2.31. The second-order valence-corrected chi connectivity index (χ2v) is 8.24. The van der Waals surface area contributed by atoms with Gasteiger partial charge in [0.1, 0.15) is 0 Å². The molecular weight excluding hydrogens is 332 g/mol. The van der Waals surface area contributed by atoms with Crippen LogP contribution in [0.25, 0.3) is 0 Å². The van der Waals surface area contributed by atoms with Crippen LogP contribution < -0.4 is 4.90 Å². The molecule has 1 amide bonds. The second-order valence-electron chi connectivity index (χ2n) is 7.83. The van der Waals surface area contributed by atoms with Crippen LogP contribution in [0, 0.1) is 12.8 Å². The highest BCUT2D eigenvalue weighted by atomic mass is 35.5. The fourth-order valence-electron chi connectivity index (χ4n) is 4.45. The summed E-state index contributed by atoms with van der Waals surface area (Å²) in [7, 11) is 0. The van der Waals surface area contributed by atoms with Crippen molar-refractivity contribution in [2.45, 2.75) is 64.3 Å². The van der Waals surface area contributed by atoms with Crippen molar-refractivity contribution in [3.05, 3.63) is 28.8 Å². The molecule has 1 aromatic rings. The third-order valence-electron chi connectivity index (χ3n) is 5.94. The molecule has 4 heteroatoms. The summed E-state index contributed by atoms with van der Waals surface area (Å²) in [6.45, 7) is 5.13. The van der Waals surface area contributed by atoms with Gasteiger partial charge in [0.15, 0.2) is 0 Å². The number of benzene rings is 1. The minimum atomic E-state index is 0.484. The van der Waals surface area contributed by atoms with E-state index in [0.29, 0.717) is 12.0 Å². The predicted octanol–water partition coefficient (Wildman–Crippen LogP) is 5.05. The second kappa shape index (κ2) is 8.93. The highest BCUT2D eigenvalue weighted by molar-refractivity contribution is 6.33. The van der Waals surface area contributed by atoms with Crippen LogP contribution in [0.2, 0.25) is 5.02 Å².